The van der Waals surface area contributed by atoms with Crippen molar-refractivity contribution in [2.75, 3.05) is 13.6 Å². The SMILES string of the molecule is CCCCCN(C)C(=O)C(C)Br. The minimum atomic E-state index is -0.0517. The standard InChI is InChI=1S/C9H18BrNO/c1-4-5-6-7-11(3)9(12)8(2)10/h8H,4-7H2,1-3H3. The fourth-order valence-electron chi connectivity index (χ4n) is 1.01. The van der Waals surface area contributed by atoms with Crippen molar-refractivity contribution in [3.8, 4) is 0 Å². The van der Waals surface area contributed by atoms with Crippen LogP contribution in [0.3, 0.4) is 0 Å². The Labute approximate surface area is 83.4 Å². The minimum Gasteiger partial charge on any atom is -0.345 e. The number of hydrogen-bond acceptors (Lipinski definition) is 1. The van der Waals surface area contributed by atoms with Gasteiger partial charge in [-0.15, -0.1) is 0 Å². The molecule has 0 aliphatic heterocycles. The summed E-state index contributed by atoms with van der Waals surface area (Å²) in [6, 6.07) is 0. The zero-order valence-corrected chi connectivity index (χ0v) is 9.73. The summed E-state index contributed by atoms with van der Waals surface area (Å²) in [6.45, 7) is 4.90. The molecule has 0 aliphatic carbocycles. The third-order valence-corrected chi connectivity index (χ3v) is 2.21. The fraction of sp³-hybridized carbons (Fsp3) is 0.889. The van der Waals surface area contributed by atoms with E-state index in [1.54, 1.807) is 4.90 Å². The van der Waals surface area contributed by atoms with Crippen LogP contribution in [0.1, 0.15) is 33.1 Å². The number of alkyl halides is 1. The summed E-state index contributed by atoms with van der Waals surface area (Å²) < 4.78 is 0. The highest BCUT2D eigenvalue weighted by Gasteiger charge is 2.12. The Hall–Kier alpha value is -0.0500. The number of nitrogens with zero attached hydrogens (tertiary/aromatic N) is 1. The second kappa shape index (κ2) is 6.46. The van der Waals surface area contributed by atoms with Gasteiger partial charge in [-0.25, -0.2) is 0 Å². The van der Waals surface area contributed by atoms with Crippen LogP contribution in [0, 0.1) is 0 Å². The highest BCUT2D eigenvalue weighted by atomic mass is 79.9. The van der Waals surface area contributed by atoms with Gasteiger partial charge < -0.3 is 4.90 Å². The lowest BCUT2D eigenvalue weighted by Crippen LogP contribution is -2.32. The number of rotatable bonds is 5. The van der Waals surface area contributed by atoms with Crippen LogP contribution in [-0.4, -0.2) is 29.2 Å². The van der Waals surface area contributed by atoms with Gasteiger partial charge in [0.2, 0.25) is 5.91 Å². The summed E-state index contributed by atoms with van der Waals surface area (Å²) in [5.74, 6) is 0.172. The maximum absolute atomic E-state index is 11.3. The van der Waals surface area contributed by atoms with E-state index in [2.05, 4.69) is 22.9 Å². The Bertz CT molecular complexity index is 136. The lowest BCUT2D eigenvalue weighted by molar-refractivity contribution is -0.128. The molecule has 3 heteroatoms. The molecule has 1 atom stereocenters. The summed E-state index contributed by atoms with van der Waals surface area (Å²) in [6.07, 6.45) is 3.51. The highest BCUT2D eigenvalue weighted by Crippen LogP contribution is 2.04. The van der Waals surface area contributed by atoms with Crippen molar-refractivity contribution in [3.63, 3.8) is 0 Å². The topological polar surface area (TPSA) is 20.3 Å². The van der Waals surface area contributed by atoms with Crippen molar-refractivity contribution in [1.82, 2.24) is 4.90 Å². The lowest BCUT2D eigenvalue weighted by atomic mass is 10.2. The predicted molar refractivity (Wildman–Crippen MR) is 55.6 cm³/mol. The summed E-state index contributed by atoms with van der Waals surface area (Å²) in [5.41, 5.74) is 0. The molecule has 0 fully saturated rings. The molecule has 0 saturated carbocycles. The van der Waals surface area contributed by atoms with Crippen LogP contribution < -0.4 is 0 Å². The Morgan fingerprint density at radius 3 is 2.50 bits per heavy atom. The number of carbonyl (C=O) groups excluding carboxylic acids is 1. The van der Waals surface area contributed by atoms with Crippen molar-refractivity contribution < 1.29 is 4.79 Å². The normalized spacial score (nSPS) is 12.7. The Kier molecular flexibility index (Phi) is 6.44. The predicted octanol–water partition coefficient (Wildman–Crippen LogP) is 2.42. The van der Waals surface area contributed by atoms with Crippen LogP contribution in [0.5, 0.6) is 0 Å². The first-order valence-electron chi connectivity index (χ1n) is 4.48. The number of amides is 1. The van der Waals surface area contributed by atoms with Gasteiger partial charge in [0.25, 0.3) is 0 Å². The van der Waals surface area contributed by atoms with Crippen molar-refractivity contribution in [2.24, 2.45) is 0 Å². The lowest BCUT2D eigenvalue weighted by Gasteiger charge is -2.18. The van der Waals surface area contributed by atoms with Crippen molar-refractivity contribution in [1.29, 1.82) is 0 Å². The van der Waals surface area contributed by atoms with Crippen LogP contribution in [0.2, 0.25) is 0 Å². The molecule has 1 unspecified atom stereocenters. The van der Waals surface area contributed by atoms with E-state index in [1.165, 1.54) is 12.8 Å². The molecule has 0 aromatic heterocycles. The van der Waals surface area contributed by atoms with Crippen LogP contribution in [0.15, 0.2) is 0 Å². The quantitative estimate of drug-likeness (QED) is 0.530. The second-order valence-electron chi connectivity index (χ2n) is 3.08. The number of halogens is 1. The second-order valence-corrected chi connectivity index (χ2v) is 4.46. The van der Waals surface area contributed by atoms with E-state index in [0.29, 0.717) is 0 Å². The van der Waals surface area contributed by atoms with Gasteiger partial charge in [-0.3, -0.25) is 4.79 Å². The van der Waals surface area contributed by atoms with E-state index in [0.717, 1.165) is 13.0 Å². The van der Waals surface area contributed by atoms with Gasteiger partial charge in [0, 0.05) is 13.6 Å². The molecule has 0 aromatic carbocycles. The molecule has 0 bridgehead atoms. The molecule has 0 aromatic rings. The minimum absolute atomic E-state index is 0.0517. The first-order chi connectivity index (χ1) is 5.59. The van der Waals surface area contributed by atoms with Gasteiger partial charge in [-0.05, 0) is 13.3 Å². The van der Waals surface area contributed by atoms with Crippen LogP contribution in [0.25, 0.3) is 0 Å². The van der Waals surface area contributed by atoms with Crippen LogP contribution >= 0.6 is 15.9 Å². The van der Waals surface area contributed by atoms with E-state index in [1.807, 2.05) is 14.0 Å². The summed E-state index contributed by atoms with van der Waals surface area (Å²) in [4.78, 5) is 13.1. The van der Waals surface area contributed by atoms with E-state index in [4.69, 9.17) is 0 Å². The molecule has 0 spiro atoms. The molecule has 0 rings (SSSR count). The Balaban J connectivity index is 3.57. The third kappa shape index (κ3) is 4.75. The summed E-state index contributed by atoms with van der Waals surface area (Å²) in [5, 5.41) is 0. The Morgan fingerprint density at radius 1 is 1.50 bits per heavy atom. The van der Waals surface area contributed by atoms with Gasteiger partial charge in [0.1, 0.15) is 0 Å². The fourth-order valence-corrected chi connectivity index (χ4v) is 1.36. The molecule has 1 amide bonds. The largest absolute Gasteiger partial charge is 0.345 e. The molecule has 0 heterocycles. The zero-order chi connectivity index (χ0) is 9.56. The van der Waals surface area contributed by atoms with Gasteiger partial charge in [0.15, 0.2) is 0 Å². The highest BCUT2D eigenvalue weighted by molar-refractivity contribution is 9.10. The maximum Gasteiger partial charge on any atom is 0.235 e. The summed E-state index contributed by atoms with van der Waals surface area (Å²) in [7, 11) is 1.86. The smallest absolute Gasteiger partial charge is 0.235 e. The number of hydrogen-bond donors (Lipinski definition) is 0. The molecule has 0 aliphatic rings. The Morgan fingerprint density at radius 2 is 2.08 bits per heavy atom. The van der Waals surface area contributed by atoms with Gasteiger partial charge in [-0.1, -0.05) is 35.7 Å². The van der Waals surface area contributed by atoms with Crippen LogP contribution in [0.4, 0.5) is 0 Å². The average Bonchev–Trinajstić information content (AvgIpc) is 2.03. The molecule has 0 saturated heterocycles. The zero-order valence-electron chi connectivity index (χ0n) is 8.14. The number of carbonyl (C=O) groups is 1. The maximum atomic E-state index is 11.3. The third-order valence-electron chi connectivity index (χ3n) is 1.81. The van der Waals surface area contributed by atoms with Gasteiger partial charge in [-0.2, -0.15) is 0 Å². The van der Waals surface area contributed by atoms with Crippen molar-refractivity contribution in [2.45, 2.75) is 37.9 Å². The summed E-state index contributed by atoms with van der Waals surface area (Å²) >= 11 is 3.26. The average molecular weight is 236 g/mol. The first-order valence-corrected chi connectivity index (χ1v) is 5.40. The van der Waals surface area contributed by atoms with E-state index >= 15 is 0 Å². The first kappa shape index (κ1) is 11.9. The molecule has 12 heavy (non-hydrogen) atoms. The van der Waals surface area contributed by atoms with E-state index in [9.17, 15) is 4.79 Å². The van der Waals surface area contributed by atoms with E-state index in [-0.39, 0.29) is 10.7 Å². The van der Waals surface area contributed by atoms with E-state index < -0.39 is 0 Å². The molecule has 0 radical (unpaired) electrons. The van der Waals surface area contributed by atoms with Gasteiger partial charge in [0.05, 0.1) is 4.83 Å². The molecular formula is C9H18BrNO. The van der Waals surface area contributed by atoms with Crippen molar-refractivity contribution in [3.05, 3.63) is 0 Å². The molecular weight excluding hydrogens is 218 g/mol. The molecule has 0 N–H and O–H groups in total. The van der Waals surface area contributed by atoms with Crippen molar-refractivity contribution >= 4 is 21.8 Å². The monoisotopic (exact) mass is 235 g/mol. The van der Waals surface area contributed by atoms with Crippen LogP contribution in [-0.2, 0) is 4.79 Å². The molecule has 72 valence electrons. The number of unbranched alkanes of at least 4 members (excludes halogenated alkanes) is 2. The van der Waals surface area contributed by atoms with Gasteiger partial charge >= 0.3 is 0 Å². The molecule has 2 nitrogen and oxygen atoms in total.